The van der Waals surface area contributed by atoms with Crippen LogP contribution in [-0.2, 0) is 4.79 Å². The Bertz CT molecular complexity index is 712. The fourth-order valence-electron chi connectivity index (χ4n) is 9.37. The Hall–Kier alpha value is -0.630. The van der Waals surface area contributed by atoms with Crippen molar-refractivity contribution in [2.24, 2.45) is 58.2 Å². The number of ketones is 1. The quantitative estimate of drug-likeness (QED) is 0.416. The van der Waals surface area contributed by atoms with Crippen LogP contribution >= 0.6 is 0 Å². The average Bonchev–Trinajstić information content (AvgIpc) is 3.14. The third-order valence-corrected chi connectivity index (χ3v) is 11.6. The van der Waals surface area contributed by atoms with Gasteiger partial charge >= 0.3 is 0 Å². The fraction of sp³-hybridized carbons (Fsp3) is 0.900. The molecule has 4 aliphatic rings. The van der Waals surface area contributed by atoms with Crippen molar-refractivity contribution in [2.45, 2.75) is 112 Å². The molecular weight excluding hydrogens is 392 g/mol. The van der Waals surface area contributed by atoms with Gasteiger partial charge in [-0.25, -0.2) is 0 Å². The summed E-state index contributed by atoms with van der Waals surface area (Å²) in [7, 11) is 0. The summed E-state index contributed by atoms with van der Waals surface area (Å²) in [5.74, 6) is 4.56. The lowest BCUT2D eigenvalue weighted by Crippen LogP contribution is -2.59. The molecule has 2 heteroatoms. The monoisotopic (exact) mass is 442 g/mol. The Morgan fingerprint density at radius 3 is 2.44 bits per heavy atom. The van der Waals surface area contributed by atoms with Gasteiger partial charge in [0, 0.05) is 11.8 Å². The van der Waals surface area contributed by atoms with E-state index in [4.69, 9.17) is 0 Å². The van der Waals surface area contributed by atoms with E-state index >= 15 is 0 Å². The zero-order valence-electron chi connectivity index (χ0n) is 21.8. The van der Waals surface area contributed by atoms with Crippen LogP contribution in [0.5, 0.6) is 0 Å². The van der Waals surface area contributed by atoms with E-state index in [0.29, 0.717) is 58.0 Å². The molecule has 0 saturated heterocycles. The zero-order valence-corrected chi connectivity index (χ0v) is 21.8. The molecule has 182 valence electrons. The molecule has 0 heterocycles. The first-order valence-electron chi connectivity index (χ1n) is 14.1. The minimum atomic E-state index is -0.162. The molecule has 2 nitrogen and oxygen atoms in total. The van der Waals surface area contributed by atoms with Crippen LogP contribution in [0.1, 0.15) is 106 Å². The number of fused-ring (bicyclic) bond motifs is 5. The summed E-state index contributed by atoms with van der Waals surface area (Å²) in [5.41, 5.74) is 0.628. The molecule has 0 aromatic heterocycles. The number of aliphatic hydroxyl groups excluding tert-OH is 1. The van der Waals surface area contributed by atoms with E-state index in [9.17, 15) is 9.90 Å². The summed E-state index contributed by atoms with van der Waals surface area (Å²) >= 11 is 0. The van der Waals surface area contributed by atoms with Crippen LogP contribution in [0.2, 0.25) is 0 Å². The Labute approximate surface area is 198 Å². The van der Waals surface area contributed by atoms with Crippen LogP contribution in [-0.4, -0.2) is 17.0 Å². The Morgan fingerprint density at radius 1 is 1.03 bits per heavy atom. The summed E-state index contributed by atoms with van der Waals surface area (Å²) in [6, 6.07) is 0. The predicted octanol–water partition coefficient (Wildman–Crippen LogP) is 7.45. The van der Waals surface area contributed by atoms with Crippen LogP contribution < -0.4 is 0 Å². The van der Waals surface area contributed by atoms with Gasteiger partial charge in [0.2, 0.25) is 0 Å². The van der Waals surface area contributed by atoms with Crippen LogP contribution in [0.4, 0.5) is 0 Å². The molecule has 0 aliphatic heterocycles. The first kappa shape index (κ1) is 24.5. The lowest BCUT2D eigenvalue weighted by atomic mass is 9.43. The van der Waals surface area contributed by atoms with Crippen molar-refractivity contribution < 1.29 is 9.90 Å². The molecule has 0 radical (unpaired) electrons. The topological polar surface area (TPSA) is 37.3 Å². The van der Waals surface area contributed by atoms with Gasteiger partial charge in [-0.3, -0.25) is 4.79 Å². The molecule has 0 amide bonds. The number of carbonyl (C=O) groups is 1. The van der Waals surface area contributed by atoms with Crippen molar-refractivity contribution in [3.8, 4) is 0 Å². The van der Waals surface area contributed by atoms with E-state index in [1.807, 2.05) is 0 Å². The zero-order chi connectivity index (χ0) is 23.3. The lowest BCUT2D eigenvalue weighted by Gasteiger charge is -2.61. The molecule has 4 rings (SSSR count). The van der Waals surface area contributed by atoms with Gasteiger partial charge in [-0.15, -0.1) is 0 Å². The third kappa shape index (κ3) is 3.75. The van der Waals surface area contributed by atoms with Crippen molar-refractivity contribution in [3.63, 3.8) is 0 Å². The minimum Gasteiger partial charge on any atom is -0.393 e. The van der Waals surface area contributed by atoms with E-state index in [1.54, 1.807) is 0 Å². The number of carbonyl (C=O) groups excluding carboxylic acids is 1. The standard InChI is InChI=1S/C30H50O2/c1-7-19(3)26(31)15-12-20(4)22-13-14-24-27-25(16-18-30(22,24)6)29(5)17-10-9-11-23(29)21(8-2)28(27)32/h9,11,19-27,31H,7-8,10,12-18H2,1-6H3/t19?,20?,21-,22-,23+,24+,25+,26?,27+,29+,30-/m1/s1. The maximum atomic E-state index is 14.0. The second-order valence-electron chi connectivity index (χ2n) is 12.9. The summed E-state index contributed by atoms with van der Waals surface area (Å²) in [4.78, 5) is 14.0. The minimum absolute atomic E-state index is 0.162. The molecule has 11 atom stereocenters. The Morgan fingerprint density at radius 2 is 1.75 bits per heavy atom. The normalized spacial score (nSPS) is 46.2. The lowest BCUT2D eigenvalue weighted by molar-refractivity contribution is -0.160. The van der Waals surface area contributed by atoms with Crippen molar-refractivity contribution in [1.82, 2.24) is 0 Å². The van der Waals surface area contributed by atoms with Gasteiger partial charge in [-0.1, -0.05) is 60.1 Å². The van der Waals surface area contributed by atoms with Crippen molar-refractivity contribution >= 4 is 5.78 Å². The molecule has 3 unspecified atom stereocenters. The summed E-state index contributed by atoms with van der Waals surface area (Å²) < 4.78 is 0. The van der Waals surface area contributed by atoms with Gasteiger partial charge in [0.15, 0.2) is 0 Å². The maximum absolute atomic E-state index is 14.0. The highest BCUT2D eigenvalue weighted by Crippen LogP contribution is 2.68. The number of Topliss-reactive ketones (excluding diaryl/α,β-unsaturated/α-hetero) is 1. The van der Waals surface area contributed by atoms with E-state index in [0.717, 1.165) is 25.7 Å². The highest BCUT2D eigenvalue weighted by Gasteiger charge is 2.64. The van der Waals surface area contributed by atoms with Gasteiger partial charge in [0.05, 0.1) is 6.10 Å². The summed E-state index contributed by atoms with van der Waals surface area (Å²) in [6.07, 6.45) is 16.3. The van der Waals surface area contributed by atoms with E-state index < -0.39 is 0 Å². The molecule has 3 fully saturated rings. The number of aliphatic hydroxyl groups is 1. The molecule has 4 aliphatic carbocycles. The van der Waals surface area contributed by atoms with Gasteiger partial charge in [0.1, 0.15) is 5.78 Å². The van der Waals surface area contributed by atoms with Crippen LogP contribution in [0.3, 0.4) is 0 Å². The number of rotatable bonds is 7. The maximum Gasteiger partial charge on any atom is 0.140 e. The number of hydrogen-bond acceptors (Lipinski definition) is 2. The molecule has 0 aromatic rings. The summed E-state index contributed by atoms with van der Waals surface area (Å²) in [5, 5.41) is 10.5. The van der Waals surface area contributed by atoms with E-state index in [2.05, 4.69) is 53.7 Å². The van der Waals surface area contributed by atoms with Crippen LogP contribution in [0, 0.1) is 58.2 Å². The van der Waals surface area contributed by atoms with E-state index in [-0.39, 0.29) is 12.0 Å². The van der Waals surface area contributed by atoms with Crippen molar-refractivity contribution in [3.05, 3.63) is 12.2 Å². The number of allylic oxidation sites excluding steroid dienone is 2. The first-order valence-corrected chi connectivity index (χ1v) is 14.1. The van der Waals surface area contributed by atoms with Gasteiger partial charge in [-0.05, 0) is 104 Å². The van der Waals surface area contributed by atoms with Gasteiger partial charge in [-0.2, -0.15) is 0 Å². The van der Waals surface area contributed by atoms with E-state index in [1.165, 1.54) is 38.5 Å². The first-order chi connectivity index (χ1) is 15.2. The largest absolute Gasteiger partial charge is 0.393 e. The molecule has 0 spiro atoms. The SMILES string of the molecule is CCC(C)C(O)CCC(C)[C@H]1CC[C@H]2[C@@H]3C(=O)[C@H](CC)[C@@H]4C=CCC[C@]4(C)[C@H]3CC[C@]12C. The average molecular weight is 443 g/mol. The second kappa shape index (κ2) is 9.20. The van der Waals surface area contributed by atoms with Crippen LogP contribution in [0.25, 0.3) is 0 Å². The number of hydrogen-bond donors (Lipinski definition) is 1. The smallest absolute Gasteiger partial charge is 0.140 e. The van der Waals surface area contributed by atoms with Crippen molar-refractivity contribution in [2.75, 3.05) is 0 Å². The molecular formula is C30H50O2. The molecule has 0 aromatic carbocycles. The predicted molar refractivity (Wildman–Crippen MR) is 133 cm³/mol. The van der Waals surface area contributed by atoms with Crippen molar-refractivity contribution in [1.29, 1.82) is 0 Å². The van der Waals surface area contributed by atoms with Gasteiger partial charge < -0.3 is 5.11 Å². The molecule has 1 N–H and O–H groups in total. The molecule has 3 saturated carbocycles. The Kier molecular flexibility index (Phi) is 7.04. The third-order valence-electron chi connectivity index (χ3n) is 11.6. The molecule has 32 heavy (non-hydrogen) atoms. The van der Waals surface area contributed by atoms with Gasteiger partial charge in [0.25, 0.3) is 0 Å². The summed E-state index contributed by atoms with van der Waals surface area (Å²) in [6.45, 7) is 14.1. The Balaban J connectivity index is 1.54. The highest BCUT2D eigenvalue weighted by molar-refractivity contribution is 5.86. The van der Waals surface area contributed by atoms with Crippen LogP contribution in [0.15, 0.2) is 12.2 Å². The fourth-order valence-corrected chi connectivity index (χ4v) is 9.37. The molecule has 0 bridgehead atoms. The highest BCUT2D eigenvalue weighted by atomic mass is 16.3. The second-order valence-corrected chi connectivity index (χ2v) is 12.9.